The van der Waals surface area contributed by atoms with Gasteiger partial charge in [0.15, 0.2) is 0 Å². The molecule has 0 aliphatic rings. The maximum absolute atomic E-state index is 11.4. The minimum Gasteiger partial charge on any atom is -0.351 e. The first-order valence-electron chi connectivity index (χ1n) is 5.67. The van der Waals surface area contributed by atoms with E-state index < -0.39 is 0 Å². The molecule has 90 valence electrons. The van der Waals surface area contributed by atoms with Gasteiger partial charge >= 0.3 is 0 Å². The summed E-state index contributed by atoms with van der Waals surface area (Å²) in [5, 5.41) is 2.88. The summed E-state index contributed by atoms with van der Waals surface area (Å²) < 4.78 is 0. The zero-order valence-electron chi connectivity index (χ0n) is 9.45. The number of amides is 1. The average Bonchev–Trinajstić information content (AvgIpc) is 2.79. The summed E-state index contributed by atoms with van der Waals surface area (Å²) in [6.45, 7) is 1.35. The lowest BCUT2D eigenvalue weighted by Gasteiger charge is -2.03. The molecule has 0 saturated heterocycles. The Morgan fingerprint density at radius 2 is 2.19 bits per heavy atom. The highest BCUT2D eigenvalue weighted by Crippen LogP contribution is 2.05. The number of hydrogen-bond acceptors (Lipinski definition) is 4. The largest absolute Gasteiger partial charge is 0.351 e. The Labute approximate surface area is 100 Å². The zero-order valence-corrected chi connectivity index (χ0v) is 10.3. The minimum atomic E-state index is 0.126. The first kappa shape index (κ1) is 13.1. The number of unbranched alkanes of at least 4 members (excludes halogenated alkanes) is 3. The Bertz CT molecular complexity index is 287. The maximum atomic E-state index is 11.4. The highest BCUT2D eigenvalue weighted by Gasteiger charge is 2.01. The number of thiazole rings is 1. The Kier molecular flexibility index (Phi) is 6.76. The Balaban J connectivity index is 1.99. The van der Waals surface area contributed by atoms with Gasteiger partial charge in [0, 0.05) is 17.5 Å². The lowest BCUT2D eigenvalue weighted by Crippen LogP contribution is -2.21. The third kappa shape index (κ3) is 5.82. The molecule has 5 heteroatoms. The van der Waals surface area contributed by atoms with Gasteiger partial charge in [-0.25, -0.2) is 0 Å². The number of carbonyl (C=O) groups is 1. The monoisotopic (exact) mass is 241 g/mol. The van der Waals surface area contributed by atoms with Gasteiger partial charge in [-0.3, -0.25) is 9.78 Å². The molecule has 0 radical (unpaired) electrons. The van der Waals surface area contributed by atoms with E-state index in [2.05, 4.69) is 10.3 Å². The number of rotatable bonds is 8. The van der Waals surface area contributed by atoms with Crippen LogP contribution in [0.25, 0.3) is 0 Å². The van der Waals surface area contributed by atoms with Crippen molar-refractivity contribution < 1.29 is 4.79 Å². The number of carbonyl (C=O) groups excluding carboxylic acids is 1. The molecule has 0 atom stereocenters. The van der Waals surface area contributed by atoms with Crippen LogP contribution in [0.15, 0.2) is 11.7 Å². The normalized spacial score (nSPS) is 10.3. The molecule has 0 fully saturated rings. The SMILES string of the molecule is NCCCCCCC(=O)NCc1cncs1. The van der Waals surface area contributed by atoms with Crippen molar-refractivity contribution in [1.82, 2.24) is 10.3 Å². The number of nitrogens with one attached hydrogen (secondary N) is 1. The molecule has 16 heavy (non-hydrogen) atoms. The van der Waals surface area contributed by atoms with Crippen LogP contribution in [-0.4, -0.2) is 17.4 Å². The molecule has 1 heterocycles. The van der Waals surface area contributed by atoms with Gasteiger partial charge < -0.3 is 11.1 Å². The molecule has 4 nitrogen and oxygen atoms in total. The summed E-state index contributed by atoms with van der Waals surface area (Å²) in [4.78, 5) is 16.5. The second-order valence-electron chi connectivity index (χ2n) is 3.70. The lowest BCUT2D eigenvalue weighted by molar-refractivity contribution is -0.121. The molecule has 0 saturated carbocycles. The van der Waals surface area contributed by atoms with E-state index in [1.54, 1.807) is 23.0 Å². The predicted octanol–water partition coefficient (Wildman–Crippen LogP) is 1.67. The Hall–Kier alpha value is -0.940. The van der Waals surface area contributed by atoms with Crippen molar-refractivity contribution in [3.8, 4) is 0 Å². The van der Waals surface area contributed by atoms with Crippen LogP contribution >= 0.6 is 11.3 Å². The van der Waals surface area contributed by atoms with Gasteiger partial charge in [0.25, 0.3) is 0 Å². The zero-order chi connectivity index (χ0) is 11.6. The molecule has 3 N–H and O–H groups in total. The van der Waals surface area contributed by atoms with Crippen LogP contribution in [0.2, 0.25) is 0 Å². The second kappa shape index (κ2) is 8.24. The van der Waals surface area contributed by atoms with Gasteiger partial charge in [-0.15, -0.1) is 11.3 Å². The standard InChI is InChI=1S/C11H19N3OS/c12-6-4-2-1-3-5-11(15)14-8-10-7-13-9-16-10/h7,9H,1-6,8,12H2,(H,14,15). The maximum Gasteiger partial charge on any atom is 0.220 e. The molecule has 0 bridgehead atoms. The number of aromatic nitrogens is 1. The highest BCUT2D eigenvalue weighted by atomic mass is 32.1. The Morgan fingerprint density at radius 1 is 1.38 bits per heavy atom. The van der Waals surface area contributed by atoms with Crippen molar-refractivity contribution in [2.75, 3.05) is 6.54 Å². The second-order valence-corrected chi connectivity index (χ2v) is 4.67. The molecule has 1 aromatic rings. The summed E-state index contributed by atoms with van der Waals surface area (Å²) in [5.41, 5.74) is 7.16. The summed E-state index contributed by atoms with van der Waals surface area (Å²) in [7, 11) is 0. The smallest absolute Gasteiger partial charge is 0.220 e. The fraction of sp³-hybridized carbons (Fsp3) is 0.636. The van der Waals surface area contributed by atoms with E-state index in [0.29, 0.717) is 13.0 Å². The molecule has 0 aromatic carbocycles. The first-order chi connectivity index (χ1) is 7.83. The summed E-state index contributed by atoms with van der Waals surface area (Å²) >= 11 is 1.56. The molecular formula is C11H19N3OS. The van der Waals surface area contributed by atoms with Crippen molar-refractivity contribution >= 4 is 17.2 Å². The van der Waals surface area contributed by atoms with Crippen LogP contribution in [-0.2, 0) is 11.3 Å². The van der Waals surface area contributed by atoms with E-state index in [4.69, 9.17) is 5.73 Å². The van der Waals surface area contributed by atoms with E-state index in [1.807, 2.05) is 0 Å². The fourth-order valence-electron chi connectivity index (χ4n) is 1.39. The number of hydrogen-bond donors (Lipinski definition) is 2. The van der Waals surface area contributed by atoms with Crippen LogP contribution in [0, 0.1) is 0 Å². The average molecular weight is 241 g/mol. The van der Waals surface area contributed by atoms with E-state index >= 15 is 0 Å². The number of nitrogens with two attached hydrogens (primary N) is 1. The van der Waals surface area contributed by atoms with Crippen LogP contribution in [0.1, 0.15) is 37.0 Å². The van der Waals surface area contributed by atoms with Gasteiger partial charge in [-0.1, -0.05) is 12.8 Å². The molecule has 1 rings (SSSR count). The lowest BCUT2D eigenvalue weighted by atomic mass is 10.1. The minimum absolute atomic E-state index is 0.126. The molecule has 1 amide bonds. The predicted molar refractivity (Wildman–Crippen MR) is 66.1 cm³/mol. The molecular weight excluding hydrogens is 222 g/mol. The van der Waals surface area contributed by atoms with E-state index in [9.17, 15) is 4.79 Å². The third-order valence-corrected chi connectivity index (χ3v) is 3.08. The van der Waals surface area contributed by atoms with E-state index in [-0.39, 0.29) is 5.91 Å². The van der Waals surface area contributed by atoms with Crippen LogP contribution in [0.4, 0.5) is 0 Å². The molecule has 0 unspecified atom stereocenters. The van der Waals surface area contributed by atoms with Gasteiger partial charge in [0.05, 0.1) is 12.1 Å². The fourth-order valence-corrected chi connectivity index (χ4v) is 1.92. The summed E-state index contributed by atoms with van der Waals surface area (Å²) in [5.74, 6) is 0.126. The quantitative estimate of drug-likeness (QED) is 0.680. The number of nitrogens with zero attached hydrogens (tertiary/aromatic N) is 1. The van der Waals surface area contributed by atoms with Crippen LogP contribution < -0.4 is 11.1 Å². The van der Waals surface area contributed by atoms with Crippen molar-refractivity contribution in [3.63, 3.8) is 0 Å². The third-order valence-electron chi connectivity index (χ3n) is 2.30. The molecule has 0 aliphatic carbocycles. The molecule has 0 spiro atoms. The van der Waals surface area contributed by atoms with E-state index in [0.717, 1.165) is 37.1 Å². The van der Waals surface area contributed by atoms with Crippen molar-refractivity contribution in [3.05, 3.63) is 16.6 Å². The van der Waals surface area contributed by atoms with Gasteiger partial charge in [0.2, 0.25) is 5.91 Å². The van der Waals surface area contributed by atoms with Gasteiger partial charge in [-0.2, -0.15) is 0 Å². The van der Waals surface area contributed by atoms with Gasteiger partial charge in [-0.05, 0) is 19.4 Å². The van der Waals surface area contributed by atoms with E-state index in [1.165, 1.54) is 0 Å². The topological polar surface area (TPSA) is 68.0 Å². The van der Waals surface area contributed by atoms with Gasteiger partial charge in [0.1, 0.15) is 0 Å². The first-order valence-corrected chi connectivity index (χ1v) is 6.55. The van der Waals surface area contributed by atoms with Crippen molar-refractivity contribution in [2.45, 2.75) is 38.6 Å². The Morgan fingerprint density at radius 3 is 2.88 bits per heavy atom. The summed E-state index contributed by atoms with van der Waals surface area (Å²) in [6.07, 6.45) is 6.62. The van der Waals surface area contributed by atoms with Crippen LogP contribution in [0.5, 0.6) is 0 Å². The molecule has 0 aliphatic heterocycles. The van der Waals surface area contributed by atoms with Crippen molar-refractivity contribution in [2.24, 2.45) is 5.73 Å². The molecule has 1 aromatic heterocycles. The summed E-state index contributed by atoms with van der Waals surface area (Å²) in [6, 6.07) is 0. The van der Waals surface area contributed by atoms with Crippen molar-refractivity contribution in [1.29, 1.82) is 0 Å². The highest BCUT2D eigenvalue weighted by molar-refractivity contribution is 7.09. The van der Waals surface area contributed by atoms with Crippen LogP contribution in [0.3, 0.4) is 0 Å².